The van der Waals surface area contributed by atoms with Crippen LogP contribution in [0.15, 0.2) is 54.6 Å². The molecule has 19 heavy (non-hydrogen) atoms. The van der Waals surface area contributed by atoms with Crippen LogP contribution in [0.4, 0.5) is 5.69 Å². The number of hydrogen-bond donors (Lipinski definition) is 2. The van der Waals surface area contributed by atoms with Crippen LogP contribution >= 0.6 is 0 Å². The van der Waals surface area contributed by atoms with Gasteiger partial charge in [-0.2, -0.15) is 0 Å². The molecular weight excluding hydrogens is 305 g/mol. The van der Waals surface area contributed by atoms with E-state index in [1.165, 1.54) is 6.92 Å². The van der Waals surface area contributed by atoms with Gasteiger partial charge in [0, 0.05) is 0 Å². The molecule has 1 unspecified atom stereocenters. The summed E-state index contributed by atoms with van der Waals surface area (Å²) >= 11 is -4.42. The van der Waals surface area contributed by atoms with E-state index in [0.717, 1.165) is 0 Å². The summed E-state index contributed by atoms with van der Waals surface area (Å²) in [5.41, 5.74) is 0.392. The topological polar surface area (TPSA) is 66.4 Å². The summed E-state index contributed by atoms with van der Waals surface area (Å²) in [5, 5.41) is 2.59. The Labute approximate surface area is 114 Å². The van der Waals surface area contributed by atoms with E-state index in [9.17, 15) is 12.6 Å². The van der Waals surface area contributed by atoms with E-state index in [-0.39, 0.29) is 5.91 Å². The van der Waals surface area contributed by atoms with Crippen molar-refractivity contribution in [3.8, 4) is 0 Å². The zero-order valence-electron chi connectivity index (χ0n) is 10.4. The van der Waals surface area contributed by atoms with E-state index in [1.807, 2.05) is 0 Å². The van der Waals surface area contributed by atoms with Crippen LogP contribution in [0.3, 0.4) is 0 Å². The molecule has 5 heteroatoms. The molecule has 0 saturated carbocycles. The summed E-state index contributed by atoms with van der Waals surface area (Å²) in [6, 6.07) is 15.1. The van der Waals surface area contributed by atoms with Crippen LogP contribution in [0.25, 0.3) is 0 Å². The summed E-state index contributed by atoms with van der Waals surface area (Å²) in [4.78, 5) is 11.2. The van der Waals surface area contributed by atoms with Crippen molar-refractivity contribution in [2.45, 2.75) is 6.92 Å². The quantitative estimate of drug-likeness (QED) is 0.816. The Hall–Kier alpha value is -1.77. The van der Waals surface area contributed by atoms with Crippen LogP contribution < -0.4 is 14.0 Å². The van der Waals surface area contributed by atoms with Gasteiger partial charge in [-0.3, -0.25) is 0 Å². The van der Waals surface area contributed by atoms with E-state index in [4.69, 9.17) is 0 Å². The van der Waals surface area contributed by atoms with E-state index in [2.05, 4.69) is 5.32 Å². The molecule has 0 radical (unpaired) electrons. The van der Waals surface area contributed by atoms with Crippen LogP contribution in [0.5, 0.6) is 0 Å². The fraction of sp³-hybridized carbons (Fsp3) is 0.0714. The number of nitrogens with one attached hydrogen (secondary N) is 1. The molecule has 1 atom stereocenters. The molecule has 0 aliphatic rings. The molecule has 2 aromatic rings. The zero-order valence-corrected chi connectivity index (χ0v) is 12.3. The van der Waals surface area contributed by atoms with Gasteiger partial charge in [0.25, 0.3) is 0 Å². The van der Waals surface area contributed by atoms with Gasteiger partial charge in [-0.25, -0.2) is 0 Å². The van der Waals surface area contributed by atoms with E-state index in [1.54, 1.807) is 54.6 Å². The van der Waals surface area contributed by atoms with Crippen molar-refractivity contribution >= 4 is 34.1 Å². The molecule has 0 spiro atoms. The minimum absolute atomic E-state index is 0.268. The van der Waals surface area contributed by atoms with Crippen molar-refractivity contribution in [1.29, 1.82) is 0 Å². The number of para-hydroxylation sites is 1. The third kappa shape index (κ3) is 2.98. The molecule has 0 fully saturated rings. The Morgan fingerprint density at radius 1 is 1.05 bits per heavy atom. The van der Waals surface area contributed by atoms with Crippen LogP contribution in [0.1, 0.15) is 6.92 Å². The molecule has 2 rings (SSSR count). The van der Waals surface area contributed by atoms with Gasteiger partial charge in [-0.05, 0) is 0 Å². The van der Waals surface area contributed by atoms with Gasteiger partial charge >= 0.3 is 114 Å². The normalized spacial score (nSPS) is 13.6. The van der Waals surface area contributed by atoms with Gasteiger partial charge in [0.2, 0.25) is 0 Å². The minimum atomic E-state index is -4.42. The number of anilines is 1. The van der Waals surface area contributed by atoms with E-state index >= 15 is 0 Å². The molecule has 0 heterocycles. The molecule has 98 valence electrons. The molecule has 0 aliphatic heterocycles. The number of rotatable bonds is 3. The van der Waals surface area contributed by atoms with Gasteiger partial charge < -0.3 is 0 Å². The van der Waals surface area contributed by atoms with Crippen molar-refractivity contribution in [3.05, 3.63) is 54.6 Å². The van der Waals surface area contributed by atoms with E-state index < -0.39 is 13.8 Å². The Kier molecular flexibility index (Phi) is 3.93. The first-order chi connectivity index (χ1) is 9.01. The van der Waals surface area contributed by atoms with Crippen LogP contribution in [-0.2, 0) is 8.53 Å². The first-order valence-corrected chi connectivity index (χ1v) is 9.25. The predicted molar refractivity (Wildman–Crippen MR) is 75.1 cm³/mol. The number of carbonyl (C=O) groups excluding carboxylic acids is 1. The second-order valence-corrected chi connectivity index (χ2v) is 8.62. The monoisotopic (exact) mass is 319 g/mol. The Morgan fingerprint density at radius 2 is 1.63 bits per heavy atom. The third-order valence-corrected chi connectivity index (χ3v) is 6.93. The maximum absolute atomic E-state index is 12.7. The van der Waals surface area contributed by atoms with Crippen molar-refractivity contribution in [2.24, 2.45) is 0 Å². The number of amides is 1. The molecule has 1 amide bonds. The average molecular weight is 319 g/mol. The third-order valence-electron chi connectivity index (χ3n) is 2.65. The van der Waals surface area contributed by atoms with Crippen LogP contribution in [0.2, 0.25) is 0 Å². The first kappa shape index (κ1) is 13.7. The Balaban J connectivity index is 2.52. The summed E-state index contributed by atoms with van der Waals surface area (Å²) in [7, 11) is 0. The summed E-state index contributed by atoms with van der Waals surface area (Å²) < 4.78 is 23.8. The van der Waals surface area contributed by atoms with Crippen molar-refractivity contribution in [2.75, 3.05) is 5.32 Å². The average Bonchev–Trinajstić information content (AvgIpc) is 2.39. The molecule has 0 saturated heterocycles. The van der Waals surface area contributed by atoms with E-state index in [0.29, 0.717) is 14.4 Å². The fourth-order valence-corrected chi connectivity index (χ4v) is 5.16. The number of hydrogen-bond acceptors (Lipinski definition) is 2. The predicted octanol–water partition coefficient (Wildman–Crippen LogP) is 0.624. The summed E-state index contributed by atoms with van der Waals surface area (Å²) in [5.74, 6) is -0.268. The molecule has 4 nitrogen and oxygen atoms in total. The maximum atomic E-state index is 12.7. The fourth-order valence-electron chi connectivity index (χ4n) is 1.80. The van der Waals surface area contributed by atoms with Gasteiger partial charge in [-0.15, -0.1) is 0 Å². The number of carbonyl (C=O) groups is 1. The van der Waals surface area contributed by atoms with Crippen LogP contribution in [-0.4, -0.2) is 23.8 Å². The van der Waals surface area contributed by atoms with Gasteiger partial charge in [-0.1, -0.05) is 0 Å². The molecule has 2 aromatic carbocycles. The molecule has 0 aromatic heterocycles. The Morgan fingerprint density at radius 3 is 2.26 bits per heavy atom. The van der Waals surface area contributed by atoms with Gasteiger partial charge in [0.15, 0.2) is 0 Å². The summed E-state index contributed by atoms with van der Waals surface area (Å²) in [6.45, 7) is 1.37. The molecule has 0 aliphatic carbocycles. The molecular formula is C14H14AsNO3. The zero-order chi connectivity index (χ0) is 13.9. The van der Waals surface area contributed by atoms with Crippen LogP contribution in [0, 0.1) is 0 Å². The van der Waals surface area contributed by atoms with Gasteiger partial charge in [0.1, 0.15) is 0 Å². The Bertz CT molecular complexity index is 640. The van der Waals surface area contributed by atoms with Crippen molar-refractivity contribution < 1.29 is 12.6 Å². The molecule has 2 N–H and O–H groups in total. The second-order valence-electron chi connectivity index (χ2n) is 4.11. The molecule has 0 bridgehead atoms. The first-order valence-electron chi connectivity index (χ1n) is 5.77. The standard InChI is InChI=1S/C14H14AsNO3/c1-11(17)16-14-10-6-5-9-13(14)15(18,19)12-7-3-2-4-8-12/h2-10H,1H3,(H,16,17)(H,18,19). The van der Waals surface area contributed by atoms with Crippen molar-refractivity contribution in [1.82, 2.24) is 0 Å². The SMILES string of the molecule is CC(=O)Nc1ccccc1[As](=O)(O)c1ccccc1. The van der Waals surface area contributed by atoms with Crippen molar-refractivity contribution in [3.63, 3.8) is 0 Å². The van der Waals surface area contributed by atoms with Gasteiger partial charge in [0.05, 0.1) is 0 Å². The summed E-state index contributed by atoms with van der Waals surface area (Å²) in [6.07, 6.45) is 0. The second kappa shape index (κ2) is 5.47. The number of benzene rings is 2.